The molecule has 7 nitrogen and oxygen atoms in total. The lowest BCUT2D eigenvalue weighted by molar-refractivity contribution is -0.456. The Bertz CT molecular complexity index is 1490. The lowest BCUT2D eigenvalue weighted by Crippen LogP contribution is -2.35. The third-order valence-corrected chi connectivity index (χ3v) is 5.75. The predicted molar refractivity (Wildman–Crippen MR) is 135 cm³/mol. The van der Waals surface area contributed by atoms with E-state index in [4.69, 9.17) is 13.6 Å². The first-order valence-electron chi connectivity index (χ1n) is 11.5. The van der Waals surface area contributed by atoms with E-state index < -0.39 is 5.63 Å². The fourth-order valence-corrected chi connectivity index (χ4v) is 4.00. The Balaban J connectivity index is 1.13. The monoisotopic (exact) mass is 469 g/mol. The molecular weight excluding hydrogens is 444 g/mol. The van der Waals surface area contributed by atoms with Crippen LogP contribution in [0.1, 0.15) is 18.4 Å². The second kappa shape index (κ2) is 10.3. The van der Waals surface area contributed by atoms with E-state index in [1.54, 1.807) is 24.5 Å². The molecule has 7 heteroatoms. The minimum Gasteiger partial charge on any atom is -0.486 e. The zero-order chi connectivity index (χ0) is 24.0. The molecule has 1 atom stereocenters. The van der Waals surface area contributed by atoms with Crippen molar-refractivity contribution in [2.24, 2.45) is 0 Å². The molecule has 1 unspecified atom stereocenters. The van der Waals surface area contributed by atoms with Gasteiger partial charge in [0, 0.05) is 41.8 Å². The third-order valence-electron chi connectivity index (χ3n) is 5.75. The summed E-state index contributed by atoms with van der Waals surface area (Å²) in [5.74, 6) is 0.328. The molecule has 0 bridgehead atoms. The zero-order valence-corrected chi connectivity index (χ0v) is 19.1. The number of hydrogen-bond acceptors (Lipinski definition) is 5. The topological polar surface area (TPSA) is 84.7 Å². The van der Waals surface area contributed by atoms with Crippen LogP contribution in [0.4, 0.5) is 0 Å². The Hall–Kier alpha value is -4.39. The molecule has 2 aromatic heterocycles. The summed E-state index contributed by atoms with van der Waals surface area (Å²) in [6.45, 7) is 1.18. The fraction of sp³-hybridized carbons (Fsp3) is 0.179. The molecule has 0 saturated heterocycles. The van der Waals surface area contributed by atoms with Gasteiger partial charge in [0.05, 0.1) is 18.9 Å². The number of carbonyl (C=O) groups excluding carboxylic acids is 1. The Morgan fingerprint density at radius 3 is 2.80 bits per heavy atom. The molecule has 2 aromatic carbocycles. The number of furan rings is 1. The SMILES string of the molecule is O=C(C=Cc1ccccc1)NC1C=C[N+](CCCOc2c3occc3cc3ccc(=O)oc23)=CC1. The van der Waals surface area contributed by atoms with Crippen LogP contribution in [0.25, 0.3) is 28.0 Å². The van der Waals surface area contributed by atoms with Crippen LogP contribution in [-0.4, -0.2) is 35.9 Å². The van der Waals surface area contributed by atoms with Gasteiger partial charge in [0.25, 0.3) is 0 Å². The van der Waals surface area contributed by atoms with Gasteiger partial charge < -0.3 is 18.9 Å². The molecule has 0 spiro atoms. The highest BCUT2D eigenvalue weighted by Gasteiger charge is 2.17. The number of benzene rings is 2. The number of fused-ring (bicyclic) bond motifs is 2. The molecule has 5 rings (SSSR count). The van der Waals surface area contributed by atoms with Crippen LogP contribution >= 0.6 is 0 Å². The summed E-state index contributed by atoms with van der Waals surface area (Å²) in [5.41, 5.74) is 1.51. The van der Waals surface area contributed by atoms with Gasteiger partial charge in [0.2, 0.25) is 11.7 Å². The first-order valence-corrected chi connectivity index (χ1v) is 11.5. The van der Waals surface area contributed by atoms with Crippen LogP contribution < -0.4 is 15.7 Å². The maximum absolute atomic E-state index is 12.2. The van der Waals surface area contributed by atoms with E-state index in [-0.39, 0.29) is 11.9 Å². The molecule has 1 aliphatic rings. The van der Waals surface area contributed by atoms with Gasteiger partial charge in [-0.3, -0.25) is 4.79 Å². The highest BCUT2D eigenvalue weighted by molar-refractivity contribution is 6.00. The average Bonchev–Trinajstić information content (AvgIpc) is 3.35. The molecule has 0 saturated carbocycles. The van der Waals surface area contributed by atoms with Gasteiger partial charge in [0.15, 0.2) is 23.9 Å². The number of carbonyl (C=O) groups is 1. The van der Waals surface area contributed by atoms with Crippen molar-refractivity contribution in [3.8, 4) is 5.75 Å². The van der Waals surface area contributed by atoms with Gasteiger partial charge in [0.1, 0.15) is 6.21 Å². The van der Waals surface area contributed by atoms with Gasteiger partial charge in [-0.25, -0.2) is 9.37 Å². The predicted octanol–water partition coefficient (Wildman–Crippen LogP) is 4.51. The minimum atomic E-state index is -0.432. The molecule has 1 N–H and O–H groups in total. The molecule has 0 fully saturated rings. The normalized spacial score (nSPS) is 15.5. The van der Waals surface area contributed by atoms with Gasteiger partial charge in [-0.1, -0.05) is 30.3 Å². The second-order valence-electron chi connectivity index (χ2n) is 8.28. The number of nitrogens with zero attached hydrogens (tertiary/aromatic N) is 1. The van der Waals surface area contributed by atoms with Crippen molar-refractivity contribution in [1.29, 1.82) is 0 Å². The van der Waals surface area contributed by atoms with E-state index in [2.05, 4.69) is 16.1 Å². The fourth-order valence-electron chi connectivity index (χ4n) is 4.00. The van der Waals surface area contributed by atoms with E-state index in [0.717, 1.165) is 29.3 Å². The maximum Gasteiger partial charge on any atom is 0.336 e. The summed E-state index contributed by atoms with van der Waals surface area (Å²) in [7, 11) is 0. The Labute approximate surface area is 201 Å². The molecule has 1 amide bonds. The van der Waals surface area contributed by atoms with Crippen LogP contribution in [0.2, 0.25) is 0 Å². The van der Waals surface area contributed by atoms with Crippen molar-refractivity contribution in [3.63, 3.8) is 0 Å². The molecule has 4 aromatic rings. The first-order chi connectivity index (χ1) is 17.2. The Kier molecular flexibility index (Phi) is 6.57. The van der Waals surface area contributed by atoms with Crippen LogP contribution in [0.5, 0.6) is 5.75 Å². The second-order valence-corrected chi connectivity index (χ2v) is 8.28. The lowest BCUT2D eigenvalue weighted by atomic mass is 10.1. The first kappa shape index (κ1) is 22.4. The Morgan fingerprint density at radius 2 is 1.97 bits per heavy atom. The van der Waals surface area contributed by atoms with Gasteiger partial charge in [-0.2, -0.15) is 0 Å². The standard InChI is InChI=1S/C28H24N2O5/c31-24(9-7-20-5-2-1-3-6-20)29-23-11-15-30(16-12-23)14-4-17-33-28-26-22(13-18-34-26)19-21-8-10-25(32)35-27(21)28/h1-3,5-11,13,15-16,18-19,23H,4,12,14,17H2/p+1. The zero-order valence-electron chi connectivity index (χ0n) is 19.1. The van der Waals surface area contributed by atoms with Crippen molar-refractivity contribution in [2.45, 2.75) is 18.9 Å². The van der Waals surface area contributed by atoms with Crippen molar-refractivity contribution in [1.82, 2.24) is 5.32 Å². The highest BCUT2D eigenvalue weighted by atomic mass is 16.5. The number of ether oxygens (including phenoxy) is 1. The van der Waals surface area contributed by atoms with Crippen LogP contribution in [0.15, 0.2) is 92.8 Å². The van der Waals surface area contributed by atoms with Crippen molar-refractivity contribution < 1.29 is 22.9 Å². The summed E-state index contributed by atoms with van der Waals surface area (Å²) in [6.07, 6.45) is 12.4. The van der Waals surface area contributed by atoms with E-state index in [1.165, 1.54) is 6.07 Å². The summed E-state index contributed by atoms with van der Waals surface area (Å²) < 4.78 is 19.1. The van der Waals surface area contributed by atoms with Gasteiger partial charge >= 0.3 is 5.63 Å². The number of rotatable bonds is 8. The molecule has 176 valence electrons. The number of nitrogens with one attached hydrogen (secondary N) is 1. The summed E-state index contributed by atoms with van der Waals surface area (Å²) in [4.78, 5) is 23.9. The van der Waals surface area contributed by atoms with E-state index in [1.807, 2.05) is 54.7 Å². The van der Waals surface area contributed by atoms with Gasteiger partial charge in [-0.15, -0.1) is 0 Å². The van der Waals surface area contributed by atoms with Crippen molar-refractivity contribution >= 4 is 40.1 Å². The summed E-state index contributed by atoms with van der Waals surface area (Å²) in [5, 5.41) is 4.67. The summed E-state index contributed by atoms with van der Waals surface area (Å²) in [6, 6.07) is 16.6. The molecule has 1 aliphatic heterocycles. The van der Waals surface area contributed by atoms with Crippen LogP contribution in [0, 0.1) is 0 Å². The highest BCUT2D eigenvalue weighted by Crippen LogP contribution is 2.34. The lowest BCUT2D eigenvalue weighted by Gasteiger charge is -2.13. The number of hydrogen-bond donors (Lipinski definition) is 1. The summed E-state index contributed by atoms with van der Waals surface area (Å²) >= 11 is 0. The maximum atomic E-state index is 12.2. The molecule has 0 radical (unpaired) electrons. The molecular formula is C28H25N2O5+. The van der Waals surface area contributed by atoms with Gasteiger partial charge in [-0.05, 0) is 29.8 Å². The largest absolute Gasteiger partial charge is 0.486 e. The van der Waals surface area contributed by atoms with Crippen molar-refractivity contribution in [2.75, 3.05) is 13.2 Å². The number of amides is 1. The van der Waals surface area contributed by atoms with Crippen LogP contribution in [-0.2, 0) is 4.79 Å². The molecule has 3 heterocycles. The molecule has 35 heavy (non-hydrogen) atoms. The van der Waals surface area contributed by atoms with E-state index in [9.17, 15) is 9.59 Å². The quantitative estimate of drug-likeness (QED) is 0.178. The van der Waals surface area contributed by atoms with Crippen molar-refractivity contribution in [3.05, 3.63) is 95.2 Å². The molecule has 0 aliphatic carbocycles. The van der Waals surface area contributed by atoms with E-state index in [0.29, 0.717) is 29.9 Å². The smallest absolute Gasteiger partial charge is 0.336 e. The Morgan fingerprint density at radius 1 is 1.11 bits per heavy atom. The average molecular weight is 470 g/mol. The third kappa shape index (κ3) is 5.41. The van der Waals surface area contributed by atoms with Crippen LogP contribution in [0.3, 0.4) is 0 Å². The van der Waals surface area contributed by atoms with E-state index >= 15 is 0 Å². The minimum absolute atomic E-state index is 0.0405.